The Labute approximate surface area is 196 Å². The summed E-state index contributed by atoms with van der Waals surface area (Å²) in [4.78, 5) is 0. The Bertz CT molecular complexity index is 768. The van der Waals surface area contributed by atoms with Crippen molar-refractivity contribution in [3.8, 4) is 0 Å². The molecule has 4 rings (SSSR count). The number of aliphatic hydroxyl groups is 1. The van der Waals surface area contributed by atoms with Gasteiger partial charge in [-0.05, 0) is 104 Å². The van der Waals surface area contributed by atoms with Crippen LogP contribution < -0.4 is 0 Å². The molecular formula is C26H46O5S. The molecule has 0 bridgehead atoms. The van der Waals surface area contributed by atoms with Crippen LogP contribution >= 0.6 is 0 Å². The first-order valence-electron chi connectivity index (χ1n) is 13.3. The lowest BCUT2D eigenvalue weighted by Crippen LogP contribution is -2.61. The zero-order valence-corrected chi connectivity index (χ0v) is 21.4. The van der Waals surface area contributed by atoms with Crippen LogP contribution in [-0.2, 0) is 14.6 Å². The average molecular weight is 471 g/mol. The van der Waals surface area contributed by atoms with Crippen molar-refractivity contribution in [1.29, 1.82) is 0 Å². The third-order valence-corrected chi connectivity index (χ3v) is 11.6. The third-order valence-electron chi connectivity index (χ3n) is 11.1. The monoisotopic (exact) mass is 470 g/mol. The Morgan fingerprint density at radius 3 is 2.41 bits per heavy atom. The minimum Gasteiger partial charge on any atom is -0.393 e. The van der Waals surface area contributed by atoms with Gasteiger partial charge in [0, 0.05) is 0 Å². The Kier molecular flexibility index (Phi) is 7.11. The van der Waals surface area contributed by atoms with Crippen LogP contribution in [0.25, 0.3) is 0 Å². The normalized spacial score (nSPS) is 47.4. The zero-order chi connectivity index (χ0) is 23.3. The molecule has 4 saturated carbocycles. The van der Waals surface area contributed by atoms with Crippen molar-refractivity contribution in [2.24, 2.45) is 52.3 Å². The highest BCUT2D eigenvalue weighted by Crippen LogP contribution is 2.69. The summed E-state index contributed by atoms with van der Waals surface area (Å²) in [6.07, 6.45) is 12.8. The number of aliphatic hydroxyl groups excluding tert-OH is 1. The molecule has 0 amide bonds. The Morgan fingerprint density at radius 1 is 1.00 bits per heavy atom. The minimum atomic E-state index is -4.34. The molecule has 10 atom stereocenters. The highest BCUT2D eigenvalue weighted by molar-refractivity contribution is 7.80. The maximum absolute atomic E-state index is 11.8. The second-order valence-electron chi connectivity index (χ2n) is 12.3. The lowest BCUT2D eigenvalue weighted by atomic mass is 9.41. The lowest BCUT2D eigenvalue weighted by Gasteiger charge is -2.64. The number of hydrogen-bond acceptors (Lipinski definition) is 4. The molecule has 4 fully saturated rings. The van der Waals surface area contributed by atoms with Crippen molar-refractivity contribution < 1.29 is 22.3 Å². The SMILES string of the molecule is CC[C@H]1[C@@H](O)C2C3CC[C@H]([C@H](C)CCCOS(=O)(=O)O)[C@@]3(C)CCC2[C@@]2(C)CCCC[C@@H]12. The fraction of sp³-hybridized carbons (Fsp3) is 1.00. The Balaban J connectivity index is 1.50. The smallest absolute Gasteiger partial charge is 0.393 e. The molecule has 6 heteroatoms. The molecule has 4 aliphatic rings. The van der Waals surface area contributed by atoms with E-state index in [9.17, 15) is 13.5 Å². The summed E-state index contributed by atoms with van der Waals surface area (Å²) >= 11 is 0. The standard InChI is InChI=1S/C26H46O5S/c1-5-18-20-10-6-7-14-25(20,3)22-13-15-26(4)19(11-12-21(26)23(22)24(18)27)17(2)9-8-16-31-32(28,29)30/h17-24,27H,5-16H2,1-4H3,(H,28,29,30)/t17-,18-,19-,20+,21?,22?,23?,24-,25+,26-/m1/s1. The summed E-state index contributed by atoms with van der Waals surface area (Å²) in [6.45, 7) is 9.73. The van der Waals surface area contributed by atoms with E-state index in [-0.39, 0.29) is 18.1 Å². The number of fused-ring (bicyclic) bond motifs is 5. The fourth-order valence-corrected chi connectivity index (χ4v) is 10.1. The van der Waals surface area contributed by atoms with Crippen LogP contribution in [0.5, 0.6) is 0 Å². The van der Waals surface area contributed by atoms with Crippen LogP contribution in [0.15, 0.2) is 0 Å². The van der Waals surface area contributed by atoms with E-state index in [0.29, 0.717) is 53.3 Å². The highest BCUT2D eigenvalue weighted by atomic mass is 32.3. The van der Waals surface area contributed by atoms with Crippen molar-refractivity contribution in [3.05, 3.63) is 0 Å². The van der Waals surface area contributed by atoms with Crippen LogP contribution in [0.4, 0.5) is 0 Å². The molecule has 2 N–H and O–H groups in total. The van der Waals surface area contributed by atoms with Gasteiger partial charge in [-0.1, -0.05) is 47.0 Å². The molecule has 0 aromatic rings. The van der Waals surface area contributed by atoms with Gasteiger partial charge in [0.1, 0.15) is 0 Å². The minimum absolute atomic E-state index is 0.0529. The third kappa shape index (κ3) is 4.20. The highest BCUT2D eigenvalue weighted by Gasteiger charge is 2.64. The van der Waals surface area contributed by atoms with E-state index in [0.717, 1.165) is 12.8 Å². The summed E-state index contributed by atoms with van der Waals surface area (Å²) in [6, 6.07) is 0. The van der Waals surface area contributed by atoms with Gasteiger partial charge in [0.2, 0.25) is 0 Å². The fourth-order valence-electron chi connectivity index (χ4n) is 9.78. The maximum Gasteiger partial charge on any atom is 0.397 e. The molecule has 0 aromatic heterocycles. The van der Waals surface area contributed by atoms with Gasteiger partial charge in [-0.25, -0.2) is 4.18 Å². The van der Waals surface area contributed by atoms with E-state index < -0.39 is 10.4 Å². The van der Waals surface area contributed by atoms with Gasteiger partial charge >= 0.3 is 10.4 Å². The van der Waals surface area contributed by atoms with E-state index in [4.69, 9.17) is 4.55 Å². The van der Waals surface area contributed by atoms with Crippen molar-refractivity contribution in [3.63, 3.8) is 0 Å². The van der Waals surface area contributed by atoms with Crippen molar-refractivity contribution in [1.82, 2.24) is 0 Å². The van der Waals surface area contributed by atoms with E-state index in [2.05, 4.69) is 31.9 Å². The van der Waals surface area contributed by atoms with Crippen molar-refractivity contribution in [2.45, 2.75) is 104 Å². The quantitative estimate of drug-likeness (QED) is 0.359. The van der Waals surface area contributed by atoms with Crippen LogP contribution in [0.1, 0.15) is 98.3 Å². The van der Waals surface area contributed by atoms with Crippen LogP contribution in [0, 0.1) is 52.3 Å². The summed E-state index contributed by atoms with van der Waals surface area (Å²) in [5.74, 6) is 3.97. The van der Waals surface area contributed by atoms with Crippen LogP contribution in [-0.4, -0.2) is 30.8 Å². The van der Waals surface area contributed by atoms with Gasteiger partial charge in [-0.2, -0.15) is 8.42 Å². The van der Waals surface area contributed by atoms with Gasteiger partial charge in [-0.15, -0.1) is 0 Å². The zero-order valence-electron chi connectivity index (χ0n) is 20.6. The first-order valence-corrected chi connectivity index (χ1v) is 14.7. The molecule has 0 spiro atoms. The second-order valence-corrected chi connectivity index (χ2v) is 13.4. The van der Waals surface area contributed by atoms with Crippen molar-refractivity contribution in [2.75, 3.05) is 6.61 Å². The predicted octanol–water partition coefficient (Wildman–Crippen LogP) is 5.88. The van der Waals surface area contributed by atoms with Gasteiger partial charge in [0.05, 0.1) is 12.7 Å². The van der Waals surface area contributed by atoms with Gasteiger partial charge in [-0.3, -0.25) is 4.55 Å². The molecular weight excluding hydrogens is 424 g/mol. The molecule has 0 heterocycles. The Hall–Kier alpha value is -0.170. The van der Waals surface area contributed by atoms with E-state index >= 15 is 0 Å². The molecule has 5 nitrogen and oxygen atoms in total. The van der Waals surface area contributed by atoms with Gasteiger partial charge in [0.25, 0.3) is 0 Å². The van der Waals surface area contributed by atoms with Crippen LogP contribution in [0.2, 0.25) is 0 Å². The van der Waals surface area contributed by atoms with E-state index in [1.165, 1.54) is 51.4 Å². The molecule has 32 heavy (non-hydrogen) atoms. The average Bonchev–Trinajstić information content (AvgIpc) is 3.08. The maximum atomic E-state index is 11.8. The summed E-state index contributed by atoms with van der Waals surface area (Å²) in [5.41, 5.74) is 0.669. The van der Waals surface area contributed by atoms with Gasteiger partial charge < -0.3 is 5.11 Å². The molecule has 0 radical (unpaired) electrons. The van der Waals surface area contributed by atoms with Crippen molar-refractivity contribution >= 4 is 10.4 Å². The largest absolute Gasteiger partial charge is 0.397 e. The summed E-state index contributed by atoms with van der Waals surface area (Å²) in [5, 5.41) is 11.8. The molecule has 4 aliphatic carbocycles. The molecule has 3 unspecified atom stereocenters. The first-order chi connectivity index (χ1) is 15.0. The number of hydrogen-bond donors (Lipinski definition) is 2. The Morgan fingerprint density at radius 2 is 1.72 bits per heavy atom. The lowest BCUT2D eigenvalue weighted by molar-refractivity contribution is -0.194. The second kappa shape index (κ2) is 9.13. The predicted molar refractivity (Wildman–Crippen MR) is 126 cm³/mol. The number of rotatable bonds is 7. The summed E-state index contributed by atoms with van der Waals surface area (Å²) < 4.78 is 35.0. The van der Waals surface area contributed by atoms with E-state index in [1.54, 1.807) is 0 Å². The van der Waals surface area contributed by atoms with E-state index in [1.807, 2.05) is 0 Å². The molecule has 0 aromatic carbocycles. The molecule has 186 valence electrons. The summed E-state index contributed by atoms with van der Waals surface area (Å²) in [7, 11) is -4.34. The van der Waals surface area contributed by atoms with Gasteiger partial charge in [0.15, 0.2) is 0 Å². The molecule has 0 aliphatic heterocycles. The van der Waals surface area contributed by atoms with Crippen LogP contribution in [0.3, 0.4) is 0 Å². The topological polar surface area (TPSA) is 83.8 Å². The molecule has 0 saturated heterocycles. The first kappa shape index (κ1) is 24.9.